The van der Waals surface area contributed by atoms with E-state index >= 15 is 0 Å². The smallest absolute Gasteiger partial charge is 0.172 e. The molecule has 0 atom stereocenters. The van der Waals surface area contributed by atoms with Crippen molar-refractivity contribution >= 4 is 11.8 Å². The zero-order chi connectivity index (χ0) is 12.1. The van der Waals surface area contributed by atoms with Crippen LogP contribution in [0.3, 0.4) is 0 Å². The minimum Gasteiger partial charge on any atom is -0.495 e. The van der Waals surface area contributed by atoms with Crippen LogP contribution in [0.15, 0.2) is 41.8 Å². The molecule has 2 rings (SSSR count). The number of nitrogens with zero attached hydrogens (tertiary/aromatic N) is 2. The molecule has 1 aromatic carbocycles. The molecule has 0 aliphatic heterocycles. The zero-order valence-electron chi connectivity index (χ0n) is 9.54. The fraction of sp³-hybridized carbons (Fsp3) is 0.250. The molecule has 0 radical (unpaired) electrons. The van der Waals surface area contributed by atoms with E-state index in [0.29, 0.717) is 5.75 Å². The van der Waals surface area contributed by atoms with E-state index in [-0.39, 0.29) is 6.61 Å². The van der Waals surface area contributed by atoms with E-state index in [4.69, 9.17) is 9.84 Å². The minimum absolute atomic E-state index is 0.142. The number of methoxy groups -OCH3 is 1. The summed E-state index contributed by atoms with van der Waals surface area (Å²) >= 11 is 1.51. The first-order valence-electron chi connectivity index (χ1n) is 5.27. The highest BCUT2D eigenvalue weighted by molar-refractivity contribution is 7.99. The third-order valence-corrected chi connectivity index (χ3v) is 3.22. The number of aliphatic hydroxyl groups is 1. The molecular weight excluding hydrogens is 236 g/mol. The molecule has 0 spiro atoms. The van der Waals surface area contributed by atoms with E-state index in [0.717, 1.165) is 16.6 Å². The maximum atomic E-state index is 8.84. The monoisotopic (exact) mass is 250 g/mol. The summed E-state index contributed by atoms with van der Waals surface area (Å²) in [5, 5.41) is 9.70. The molecule has 0 unspecified atom stereocenters. The molecule has 1 heterocycles. The van der Waals surface area contributed by atoms with Crippen LogP contribution >= 0.6 is 11.8 Å². The van der Waals surface area contributed by atoms with Gasteiger partial charge in [-0.25, -0.2) is 4.98 Å². The Balaban J connectivity index is 2.35. The number of benzene rings is 1. The summed E-state index contributed by atoms with van der Waals surface area (Å²) in [6.07, 6.45) is 3.63. The molecule has 17 heavy (non-hydrogen) atoms. The highest BCUT2D eigenvalue weighted by Gasteiger charge is 2.09. The van der Waals surface area contributed by atoms with Gasteiger partial charge in [-0.05, 0) is 12.1 Å². The molecule has 2 aromatic rings. The van der Waals surface area contributed by atoms with Crippen LogP contribution in [-0.2, 0) is 0 Å². The van der Waals surface area contributed by atoms with Gasteiger partial charge in [0, 0.05) is 18.1 Å². The minimum atomic E-state index is 0.142. The van der Waals surface area contributed by atoms with Crippen LogP contribution in [0, 0.1) is 0 Å². The summed E-state index contributed by atoms with van der Waals surface area (Å²) in [4.78, 5) is 4.26. The third kappa shape index (κ3) is 2.62. The van der Waals surface area contributed by atoms with Crippen molar-refractivity contribution < 1.29 is 9.84 Å². The molecule has 0 saturated heterocycles. The molecule has 0 aliphatic rings. The number of aliphatic hydroxyl groups excluding tert-OH is 1. The van der Waals surface area contributed by atoms with Crippen LogP contribution in [0.25, 0.3) is 5.69 Å². The normalized spacial score (nSPS) is 10.5. The van der Waals surface area contributed by atoms with E-state index in [1.807, 2.05) is 35.0 Å². The first kappa shape index (κ1) is 12.0. The summed E-state index contributed by atoms with van der Waals surface area (Å²) in [6.45, 7) is 0.142. The molecule has 4 nitrogen and oxygen atoms in total. The lowest BCUT2D eigenvalue weighted by Gasteiger charge is -2.11. The highest BCUT2D eigenvalue weighted by atomic mass is 32.2. The second-order valence-electron chi connectivity index (χ2n) is 3.32. The number of thioether (sulfide) groups is 1. The van der Waals surface area contributed by atoms with Crippen molar-refractivity contribution in [1.29, 1.82) is 0 Å². The van der Waals surface area contributed by atoms with Gasteiger partial charge >= 0.3 is 0 Å². The van der Waals surface area contributed by atoms with Crippen LogP contribution in [0.1, 0.15) is 0 Å². The summed E-state index contributed by atoms with van der Waals surface area (Å²) < 4.78 is 7.28. The van der Waals surface area contributed by atoms with E-state index in [2.05, 4.69) is 4.98 Å². The van der Waals surface area contributed by atoms with E-state index in [1.165, 1.54) is 11.8 Å². The van der Waals surface area contributed by atoms with Gasteiger partial charge < -0.3 is 9.84 Å². The summed E-state index contributed by atoms with van der Waals surface area (Å²) in [5.41, 5.74) is 0.952. The fourth-order valence-electron chi connectivity index (χ4n) is 1.55. The van der Waals surface area contributed by atoms with Gasteiger partial charge in [0.25, 0.3) is 0 Å². The SMILES string of the molecule is COc1ccccc1-n1ccnc1SCCO. The predicted octanol–water partition coefficient (Wildman–Crippen LogP) is 1.97. The summed E-state index contributed by atoms with van der Waals surface area (Å²) in [5.74, 6) is 1.43. The van der Waals surface area contributed by atoms with Gasteiger partial charge in [0.15, 0.2) is 5.16 Å². The third-order valence-electron chi connectivity index (χ3n) is 2.27. The lowest BCUT2D eigenvalue weighted by atomic mass is 10.3. The van der Waals surface area contributed by atoms with E-state index in [1.54, 1.807) is 13.3 Å². The van der Waals surface area contributed by atoms with Gasteiger partial charge in [-0.2, -0.15) is 0 Å². The lowest BCUT2D eigenvalue weighted by Crippen LogP contribution is -1.99. The number of aromatic nitrogens is 2. The summed E-state index contributed by atoms with van der Waals surface area (Å²) in [7, 11) is 1.65. The Kier molecular flexibility index (Phi) is 4.06. The first-order chi connectivity index (χ1) is 8.36. The Bertz CT molecular complexity index is 485. The van der Waals surface area contributed by atoms with Gasteiger partial charge in [0.2, 0.25) is 0 Å². The second kappa shape index (κ2) is 5.75. The quantitative estimate of drug-likeness (QED) is 0.824. The molecule has 1 aromatic heterocycles. The fourth-order valence-corrected chi connectivity index (χ4v) is 2.25. The first-order valence-corrected chi connectivity index (χ1v) is 6.25. The average Bonchev–Trinajstić information content (AvgIpc) is 2.84. The van der Waals surface area contributed by atoms with Crippen LogP contribution in [-0.4, -0.2) is 34.1 Å². The highest BCUT2D eigenvalue weighted by Crippen LogP contribution is 2.26. The van der Waals surface area contributed by atoms with Gasteiger partial charge in [0.05, 0.1) is 19.4 Å². The van der Waals surface area contributed by atoms with Gasteiger partial charge in [0.1, 0.15) is 5.75 Å². The molecule has 0 saturated carbocycles. The largest absolute Gasteiger partial charge is 0.495 e. The van der Waals surface area contributed by atoms with Crippen molar-refractivity contribution in [2.45, 2.75) is 5.16 Å². The molecule has 0 aliphatic carbocycles. The average molecular weight is 250 g/mol. The topological polar surface area (TPSA) is 47.3 Å². The van der Waals surface area contributed by atoms with Crippen molar-refractivity contribution in [2.24, 2.45) is 0 Å². The van der Waals surface area contributed by atoms with Crippen molar-refractivity contribution in [3.05, 3.63) is 36.7 Å². The summed E-state index contributed by atoms with van der Waals surface area (Å²) in [6, 6.07) is 7.78. The van der Waals surface area contributed by atoms with Crippen molar-refractivity contribution in [3.8, 4) is 11.4 Å². The van der Waals surface area contributed by atoms with Crippen LogP contribution in [0.2, 0.25) is 0 Å². The Morgan fingerprint density at radius 3 is 3.00 bits per heavy atom. The molecule has 0 amide bonds. The number of para-hydroxylation sites is 2. The molecular formula is C12H14N2O2S. The predicted molar refractivity (Wildman–Crippen MR) is 67.9 cm³/mol. The van der Waals surface area contributed by atoms with E-state index < -0.39 is 0 Å². The number of rotatable bonds is 5. The molecule has 0 fully saturated rings. The zero-order valence-corrected chi connectivity index (χ0v) is 10.4. The maximum Gasteiger partial charge on any atom is 0.172 e. The van der Waals surface area contributed by atoms with Crippen LogP contribution in [0.4, 0.5) is 0 Å². The molecule has 0 bridgehead atoms. The van der Waals surface area contributed by atoms with Crippen molar-refractivity contribution in [2.75, 3.05) is 19.5 Å². The molecule has 90 valence electrons. The Morgan fingerprint density at radius 1 is 1.41 bits per heavy atom. The van der Waals surface area contributed by atoms with Crippen LogP contribution in [0.5, 0.6) is 5.75 Å². The standard InChI is InChI=1S/C12H14N2O2S/c1-16-11-5-3-2-4-10(11)14-7-6-13-12(14)17-9-8-15/h2-7,15H,8-9H2,1H3. The lowest BCUT2D eigenvalue weighted by molar-refractivity contribution is 0.322. The van der Waals surface area contributed by atoms with Crippen molar-refractivity contribution in [3.63, 3.8) is 0 Å². The maximum absolute atomic E-state index is 8.84. The Labute approximate surface area is 104 Å². The number of imidazole rings is 1. The number of ether oxygens (including phenoxy) is 1. The van der Waals surface area contributed by atoms with Crippen molar-refractivity contribution in [1.82, 2.24) is 9.55 Å². The van der Waals surface area contributed by atoms with Crippen LogP contribution < -0.4 is 4.74 Å². The Morgan fingerprint density at radius 2 is 2.24 bits per heavy atom. The van der Waals surface area contributed by atoms with Gasteiger partial charge in [-0.15, -0.1) is 0 Å². The van der Waals surface area contributed by atoms with Gasteiger partial charge in [-0.3, -0.25) is 4.57 Å². The number of hydrogen-bond donors (Lipinski definition) is 1. The Hall–Kier alpha value is -1.46. The van der Waals surface area contributed by atoms with Gasteiger partial charge in [-0.1, -0.05) is 23.9 Å². The number of hydrogen-bond acceptors (Lipinski definition) is 4. The van der Waals surface area contributed by atoms with E-state index in [9.17, 15) is 0 Å². The second-order valence-corrected chi connectivity index (χ2v) is 4.39. The molecule has 1 N–H and O–H groups in total. The molecule has 5 heteroatoms.